The third-order valence-electron chi connectivity index (χ3n) is 4.71. The van der Waals surface area contributed by atoms with Crippen molar-refractivity contribution in [1.82, 2.24) is 5.32 Å². The second-order valence-corrected chi connectivity index (χ2v) is 6.29. The monoisotopic (exact) mass is 319 g/mol. The van der Waals surface area contributed by atoms with Crippen LogP contribution in [0.1, 0.15) is 37.7 Å². The summed E-state index contributed by atoms with van der Waals surface area (Å²) in [7, 11) is 0. The summed E-state index contributed by atoms with van der Waals surface area (Å²) in [5.41, 5.74) is 0.729. The number of rotatable bonds is 4. The lowest BCUT2D eigenvalue weighted by molar-refractivity contribution is -0.121. The van der Waals surface area contributed by atoms with Crippen LogP contribution in [-0.4, -0.2) is 23.7 Å². The zero-order chi connectivity index (χ0) is 16.2. The number of hydrogen-bond acceptors (Lipinski definition) is 3. The van der Waals surface area contributed by atoms with Gasteiger partial charge in [0.25, 0.3) is 5.91 Å². The highest BCUT2D eigenvalue weighted by Crippen LogP contribution is 2.28. The highest BCUT2D eigenvalue weighted by Gasteiger charge is 2.27. The SMILES string of the molecule is O=C(N[C@H](CO)C1CCCCC1)C1=CCc2cc(F)ccc2O1. The van der Waals surface area contributed by atoms with Gasteiger partial charge in [-0.2, -0.15) is 0 Å². The van der Waals surface area contributed by atoms with Crippen molar-refractivity contribution < 1.29 is 19.0 Å². The summed E-state index contributed by atoms with van der Waals surface area (Å²) in [4.78, 5) is 12.4. The van der Waals surface area contributed by atoms with E-state index in [1.165, 1.54) is 24.6 Å². The number of nitrogens with one attached hydrogen (secondary N) is 1. The molecule has 1 amide bonds. The van der Waals surface area contributed by atoms with Crippen LogP contribution in [0.15, 0.2) is 30.0 Å². The van der Waals surface area contributed by atoms with E-state index in [1.807, 2.05) is 0 Å². The van der Waals surface area contributed by atoms with Crippen molar-refractivity contribution in [3.63, 3.8) is 0 Å². The predicted octanol–water partition coefficient (Wildman–Crippen LogP) is 2.70. The number of aliphatic hydroxyl groups is 1. The number of aliphatic hydroxyl groups excluding tert-OH is 1. The Morgan fingerprint density at radius 2 is 2.13 bits per heavy atom. The minimum atomic E-state index is -0.315. The highest BCUT2D eigenvalue weighted by molar-refractivity contribution is 5.92. The summed E-state index contributed by atoms with van der Waals surface area (Å²) < 4.78 is 18.8. The predicted molar refractivity (Wildman–Crippen MR) is 84.4 cm³/mol. The van der Waals surface area contributed by atoms with Crippen LogP contribution in [-0.2, 0) is 11.2 Å². The van der Waals surface area contributed by atoms with E-state index in [2.05, 4.69) is 5.32 Å². The Kier molecular flexibility index (Phi) is 4.96. The molecular weight excluding hydrogens is 297 g/mol. The first-order valence-corrected chi connectivity index (χ1v) is 8.25. The van der Waals surface area contributed by atoms with Crippen LogP contribution < -0.4 is 10.1 Å². The van der Waals surface area contributed by atoms with Crippen molar-refractivity contribution in [3.05, 3.63) is 41.4 Å². The van der Waals surface area contributed by atoms with Gasteiger partial charge in [0.1, 0.15) is 11.6 Å². The van der Waals surface area contributed by atoms with Crippen molar-refractivity contribution in [1.29, 1.82) is 0 Å². The van der Waals surface area contributed by atoms with Gasteiger partial charge in [-0.25, -0.2) is 4.39 Å². The first-order valence-electron chi connectivity index (χ1n) is 8.25. The number of benzene rings is 1. The maximum atomic E-state index is 13.2. The lowest BCUT2D eigenvalue weighted by Gasteiger charge is -2.30. The van der Waals surface area contributed by atoms with Gasteiger partial charge in [-0.1, -0.05) is 19.3 Å². The summed E-state index contributed by atoms with van der Waals surface area (Å²) in [5, 5.41) is 12.5. The average Bonchev–Trinajstić information content (AvgIpc) is 2.59. The summed E-state index contributed by atoms with van der Waals surface area (Å²) in [6.07, 6.45) is 7.71. The molecule has 1 saturated carbocycles. The summed E-state index contributed by atoms with van der Waals surface area (Å²) in [6.45, 7) is -0.0640. The third-order valence-corrected chi connectivity index (χ3v) is 4.71. The molecule has 1 aromatic carbocycles. The number of carbonyl (C=O) groups is 1. The molecule has 1 aliphatic heterocycles. The number of ether oxygens (including phenoxy) is 1. The van der Waals surface area contributed by atoms with Crippen LogP contribution in [0.4, 0.5) is 4.39 Å². The summed E-state index contributed by atoms with van der Waals surface area (Å²) in [5.74, 6) is 0.426. The normalized spacial score (nSPS) is 19.3. The molecule has 3 rings (SSSR count). The lowest BCUT2D eigenvalue weighted by atomic mass is 9.84. The Morgan fingerprint density at radius 1 is 1.35 bits per heavy atom. The first kappa shape index (κ1) is 16.0. The number of hydrogen-bond donors (Lipinski definition) is 2. The Morgan fingerprint density at radius 3 is 2.87 bits per heavy atom. The molecular formula is C18H22FNO3. The molecule has 1 atom stereocenters. The van der Waals surface area contributed by atoms with E-state index in [0.717, 1.165) is 31.2 Å². The summed E-state index contributed by atoms with van der Waals surface area (Å²) in [6, 6.07) is 4.04. The molecule has 2 N–H and O–H groups in total. The minimum absolute atomic E-state index is 0.0640. The van der Waals surface area contributed by atoms with Gasteiger partial charge in [0.05, 0.1) is 12.6 Å². The molecule has 0 aromatic heterocycles. The second kappa shape index (κ2) is 7.13. The maximum absolute atomic E-state index is 13.2. The molecule has 5 heteroatoms. The molecule has 0 unspecified atom stereocenters. The third kappa shape index (κ3) is 3.72. The van der Waals surface area contributed by atoms with E-state index in [9.17, 15) is 14.3 Å². The number of amides is 1. The van der Waals surface area contributed by atoms with Crippen molar-refractivity contribution >= 4 is 5.91 Å². The van der Waals surface area contributed by atoms with E-state index >= 15 is 0 Å². The van der Waals surface area contributed by atoms with Crippen LogP contribution in [0, 0.1) is 11.7 Å². The Labute approximate surface area is 135 Å². The molecule has 1 aromatic rings. The summed E-state index contributed by atoms with van der Waals surface area (Å²) >= 11 is 0. The zero-order valence-corrected chi connectivity index (χ0v) is 13.1. The molecule has 2 aliphatic rings. The Hall–Kier alpha value is -1.88. The van der Waals surface area contributed by atoms with Gasteiger partial charge in [0.2, 0.25) is 0 Å². The average molecular weight is 319 g/mol. The quantitative estimate of drug-likeness (QED) is 0.897. The zero-order valence-electron chi connectivity index (χ0n) is 13.1. The standard InChI is InChI=1S/C18H22FNO3/c19-14-7-9-16-13(10-14)6-8-17(23-16)18(22)20-15(11-21)12-4-2-1-3-5-12/h7-10,12,15,21H,1-6,11H2,(H,20,22)/t15-/m1/s1. The number of fused-ring (bicyclic) bond motifs is 1. The van der Waals surface area contributed by atoms with Gasteiger partial charge < -0.3 is 15.2 Å². The van der Waals surface area contributed by atoms with Crippen LogP contribution in [0.5, 0.6) is 5.75 Å². The molecule has 0 bridgehead atoms. The molecule has 0 spiro atoms. The molecule has 1 heterocycles. The van der Waals surface area contributed by atoms with Gasteiger partial charge in [-0.15, -0.1) is 0 Å². The van der Waals surface area contributed by atoms with E-state index in [1.54, 1.807) is 6.08 Å². The Bertz CT molecular complexity index is 608. The van der Waals surface area contributed by atoms with Gasteiger partial charge in [-0.3, -0.25) is 4.79 Å². The topological polar surface area (TPSA) is 58.6 Å². The maximum Gasteiger partial charge on any atom is 0.286 e. The lowest BCUT2D eigenvalue weighted by Crippen LogP contribution is -2.45. The Balaban J connectivity index is 1.64. The molecule has 1 aliphatic carbocycles. The largest absolute Gasteiger partial charge is 0.452 e. The highest BCUT2D eigenvalue weighted by atomic mass is 19.1. The van der Waals surface area contributed by atoms with Gasteiger partial charge in [0, 0.05) is 5.56 Å². The fourth-order valence-corrected chi connectivity index (χ4v) is 3.40. The number of halogens is 1. The van der Waals surface area contributed by atoms with Crippen molar-refractivity contribution in [2.75, 3.05) is 6.61 Å². The molecule has 0 saturated heterocycles. The van der Waals surface area contributed by atoms with Crippen LogP contribution in [0.25, 0.3) is 0 Å². The van der Waals surface area contributed by atoms with Gasteiger partial charge >= 0.3 is 0 Å². The van der Waals surface area contributed by atoms with E-state index < -0.39 is 0 Å². The van der Waals surface area contributed by atoms with E-state index in [-0.39, 0.29) is 30.1 Å². The molecule has 4 nitrogen and oxygen atoms in total. The minimum Gasteiger partial charge on any atom is -0.452 e. The van der Waals surface area contributed by atoms with Crippen LogP contribution >= 0.6 is 0 Å². The number of carbonyl (C=O) groups excluding carboxylic acids is 1. The first-order chi connectivity index (χ1) is 11.2. The fraction of sp³-hybridized carbons (Fsp3) is 0.500. The van der Waals surface area contributed by atoms with E-state index in [4.69, 9.17) is 4.74 Å². The molecule has 0 radical (unpaired) electrons. The fourth-order valence-electron chi connectivity index (χ4n) is 3.40. The van der Waals surface area contributed by atoms with Crippen molar-refractivity contribution in [3.8, 4) is 5.75 Å². The molecule has 1 fully saturated rings. The van der Waals surface area contributed by atoms with Crippen LogP contribution in [0.3, 0.4) is 0 Å². The van der Waals surface area contributed by atoms with Crippen molar-refractivity contribution in [2.45, 2.75) is 44.6 Å². The van der Waals surface area contributed by atoms with E-state index in [0.29, 0.717) is 18.1 Å². The second-order valence-electron chi connectivity index (χ2n) is 6.29. The smallest absolute Gasteiger partial charge is 0.286 e. The number of allylic oxidation sites excluding steroid dienone is 1. The van der Waals surface area contributed by atoms with Gasteiger partial charge in [-0.05, 0) is 49.5 Å². The van der Waals surface area contributed by atoms with Crippen molar-refractivity contribution in [2.24, 2.45) is 5.92 Å². The van der Waals surface area contributed by atoms with Gasteiger partial charge in [0.15, 0.2) is 5.76 Å². The molecule has 124 valence electrons. The molecule has 23 heavy (non-hydrogen) atoms. The van der Waals surface area contributed by atoms with Crippen LogP contribution in [0.2, 0.25) is 0 Å².